The minimum Gasteiger partial charge on any atom is -0.494 e. The van der Waals surface area contributed by atoms with E-state index in [-0.39, 0.29) is 5.91 Å². The Hall–Kier alpha value is -1.59. The molecule has 5 nitrogen and oxygen atoms in total. The van der Waals surface area contributed by atoms with Gasteiger partial charge in [0.05, 0.1) is 13.2 Å². The fourth-order valence-corrected chi connectivity index (χ4v) is 2.82. The summed E-state index contributed by atoms with van der Waals surface area (Å²) < 4.78 is 5.62. The number of rotatable bonds is 7. The zero-order valence-electron chi connectivity index (χ0n) is 14.5. The Labute approximate surface area is 139 Å². The number of ether oxygens (including phenoxy) is 1. The second kappa shape index (κ2) is 8.89. The minimum atomic E-state index is 0.0845. The van der Waals surface area contributed by atoms with Crippen LogP contribution in [0.3, 0.4) is 0 Å². The molecule has 1 aliphatic heterocycles. The molecule has 0 bridgehead atoms. The molecule has 1 saturated heterocycles. The lowest BCUT2D eigenvalue weighted by atomic mass is 10.2. The standard InChI is InChI=1S/C18H29N3O2/c1-4-10-23-17-7-5-6-16(11-17)12-19-18(22)14-21-9-8-20(3)13-15(21)2/h5-7,11,15H,4,8-10,12-14H2,1-3H3,(H,19,22)/t15-/m0/s1. The molecule has 1 aromatic carbocycles. The zero-order chi connectivity index (χ0) is 16.7. The molecule has 0 saturated carbocycles. The Kier molecular flexibility index (Phi) is 6.86. The molecule has 1 atom stereocenters. The quantitative estimate of drug-likeness (QED) is 0.831. The van der Waals surface area contributed by atoms with Crippen LogP contribution in [0.1, 0.15) is 25.8 Å². The summed E-state index contributed by atoms with van der Waals surface area (Å²) in [5, 5.41) is 3.01. The van der Waals surface area contributed by atoms with Gasteiger partial charge in [-0.25, -0.2) is 0 Å². The van der Waals surface area contributed by atoms with E-state index in [0.29, 0.717) is 19.1 Å². The Bertz CT molecular complexity index is 507. The molecule has 0 unspecified atom stereocenters. The van der Waals surface area contributed by atoms with Gasteiger partial charge in [-0.05, 0) is 38.1 Å². The number of hydrogen-bond acceptors (Lipinski definition) is 4. The van der Waals surface area contributed by atoms with Gasteiger partial charge in [0, 0.05) is 32.2 Å². The Balaban J connectivity index is 1.78. The first-order chi connectivity index (χ1) is 11.1. The Morgan fingerprint density at radius 2 is 2.22 bits per heavy atom. The van der Waals surface area contributed by atoms with Crippen molar-refractivity contribution in [1.82, 2.24) is 15.1 Å². The van der Waals surface area contributed by atoms with E-state index < -0.39 is 0 Å². The van der Waals surface area contributed by atoms with E-state index in [1.807, 2.05) is 24.3 Å². The Morgan fingerprint density at radius 1 is 1.39 bits per heavy atom. The third-order valence-electron chi connectivity index (χ3n) is 4.18. The van der Waals surface area contributed by atoms with Crippen molar-refractivity contribution in [3.05, 3.63) is 29.8 Å². The molecular formula is C18H29N3O2. The molecule has 23 heavy (non-hydrogen) atoms. The van der Waals surface area contributed by atoms with Gasteiger partial charge in [0.2, 0.25) is 5.91 Å². The minimum absolute atomic E-state index is 0.0845. The van der Waals surface area contributed by atoms with E-state index >= 15 is 0 Å². The zero-order valence-corrected chi connectivity index (χ0v) is 14.5. The van der Waals surface area contributed by atoms with Gasteiger partial charge >= 0.3 is 0 Å². The smallest absolute Gasteiger partial charge is 0.234 e. The van der Waals surface area contributed by atoms with Crippen LogP contribution in [0.2, 0.25) is 0 Å². The molecule has 0 spiro atoms. The van der Waals surface area contributed by atoms with Gasteiger partial charge in [-0.2, -0.15) is 0 Å². The topological polar surface area (TPSA) is 44.8 Å². The molecule has 1 heterocycles. The number of piperazine rings is 1. The number of nitrogens with zero attached hydrogens (tertiary/aromatic N) is 2. The van der Waals surface area contributed by atoms with Gasteiger partial charge in [-0.15, -0.1) is 0 Å². The van der Waals surface area contributed by atoms with Crippen molar-refractivity contribution in [3.63, 3.8) is 0 Å². The number of carbonyl (C=O) groups excluding carboxylic acids is 1. The van der Waals surface area contributed by atoms with Crippen LogP contribution in [0.5, 0.6) is 5.75 Å². The third-order valence-corrected chi connectivity index (χ3v) is 4.18. The van der Waals surface area contributed by atoms with Crippen LogP contribution < -0.4 is 10.1 Å². The molecule has 1 aromatic rings. The molecule has 0 radical (unpaired) electrons. The van der Waals surface area contributed by atoms with Crippen LogP contribution in [0.15, 0.2) is 24.3 Å². The first-order valence-corrected chi connectivity index (χ1v) is 8.49. The van der Waals surface area contributed by atoms with Crippen molar-refractivity contribution in [2.75, 3.05) is 39.8 Å². The molecule has 2 rings (SSSR count). The number of nitrogens with one attached hydrogen (secondary N) is 1. The van der Waals surface area contributed by atoms with E-state index in [0.717, 1.165) is 44.0 Å². The van der Waals surface area contributed by atoms with E-state index in [9.17, 15) is 4.79 Å². The second-order valence-corrected chi connectivity index (χ2v) is 6.35. The summed E-state index contributed by atoms with van der Waals surface area (Å²) in [7, 11) is 2.13. The first kappa shape index (κ1) is 17.8. The lowest BCUT2D eigenvalue weighted by Crippen LogP contribution is -2.53. The maximum absolute atomic E-state index is 12.2. The van der Waals surface area contributed by atoms with E-state index in [1.54, 1.807) is 0 Å². The fourth-order valence-electron chi connectivity index (χ4n) is 2.82. The lowest BCUT2D eigenvalue weighted by Gasteiger charge is -2.37. The normalized spacial score (nSPS) is 19.5. The van der Waals surface area contributed by atoms with Crippen molar-refractivity contribution >= 4 is 5.91 Å². The summed E-state index contributed by atoms with van der Waals surface area (Å²) in [6, 6.07) is 8.35. The molecule has 5 heteroatoms. The number of likely N-dealkylation sites (N-methyl/N-ethyl adjacent to an activating group) is 1. The van der Waals surface area contributed by atoms with Gasteiger partial charge in [0.15, 0.2) is 0 Å². The highest BCUT2D eigenvalue weighted by atomic mass is 16.5. The molecule has 1 amide bonds. The average molecular weight is 319 g/mol. The van der Waals surface area contributed by atoms with Crippen molar-refractivity contribution in [3.8, 4) is 5.75 Å². The van der Waals surface area contributed by atoms with Crippen molar-refractivity contribution in [2.45, 2.75) is 32.9 Å². The lowest BCUT2D eigenvalue weighted by molar-refractivity contribution is -0.123. The highest BCUT2D eigenvalue weighted by Gasteiger charge is 2.22. The summed E-state index contributed by atoms with van der Waals surface area (Å²) in [5.41, 5.74) is 1.07. The predicted molar refractivity (Wildman–Crippen MR) is 92.6 cm³/mol. The number of amides is 1. The van der Waals surface area contributed by atoms with Crippen LogP contribution >= 0.6 is 0 Å². The molecule has 1 aliphatic rings. The first-order valence-electron chi connectivity index (χ1n) is 8.49. The van der Waals surface area contributed by atoms with Gasteiger partial charge in [0.1, 0.15) is 5.75 Å². The third kappa shape index (κ3) is 5.84. The second-order valence-electron chi connectivity index (χ2n) is 6.35. The largest absolute Gasteiger partial charge is 0.494 e. The fraction of sp³-hybridized carbons (Fsp3) is 0.611. The number of benzene rings is 1. The summed E-state index contributed by atoms with van der Waals surface area (Å²) in [6.45, 7) is 8.99. The maximum Gasteiger partial charge on any atom is 0.234 e. The SMILES string of the molecule is CCCOc1cccc(CNC(=O)CN2CCN(C)C[C@@H]2C)c1. The van der Waals surface area contributed by atoms with Gasteiger partial charge in [-0.3, -0.25) is 9.69 Å². The van der Waals surface area contributed by atoms with Crippen LogP contribution in [-0.2, 0) is 11.3 Å². The maximum atomic E-state index is 12.2. The molecule has 1 N–H and O–H groups in total. The molecular weight excluding hydrogens is 290 g/mol. The van der Waals surface area contributed by atoms with Crippen LogP contribution in [0.4, 0.5) is 0 Å². The predicted octanol–water partition coefficient (Wildman–Crippen LogP) is 1.73. The van der Waals surface area contributed by atoms with E-state index in [1.165, 1.54) is 0 Å². The Morgan fingerprint density at radius 3 is 2.96 bits per heavy atom. The van der Waals surface area contributed by atoms with Gasteiger partial charge < -0.3 is 15.0 Å². The monoisotopic (exact) mass is 319 g/mol. The summed E-state index contributed by atoms with van der Waals surface area (Å²) in [6.07, 6.45) is 0.990. The van der Waals surface area contributed by atoms with Gasteiger partial charge in [0.25, 0.3) is 0 Å². The average Bonchev–Trinajstić information content (AvgIpc) is 2.54. The molecule has 128 valence electrons. The van der Waals surface area contributed by atoms with Crippen LogP contribution in [0.25, 0.3) is 0 Å². The summed E-state index contributed by atoms with van der Waals surface area (Å²) in [5.74, 6) is 0.951. The summed E-state index contributed by atoms with van der Waals surface area (Å²) in [4.78, 5) is 16.7. The van der Waals surface area contributed by atoms with Crippen LogP contribution in [-0.4, -0.2) is 61.6 Å². The van der Waals surface area contributed by atoms with Crippen LogP contribution in [0, 0.1) is 0 Å². The molecule has 1 fully saturated rings. The molecule has 0 aromatic heterocycles. The van der Waals surface area contributed by atoms with Crippen molar-refractivity contribution < 1.29 is 9.53 Å². The summed E-state index contributed by atoms with van der Waals surface area (Å²) >= 11 is 0. The highest BCUT2D eigenvalue weighted by Crippen LogP contribution is 2.13. The number of hydrogen-bond donors (Lipinski definition) is 1. The number of carbonyl (C=O) groups is 1. The van der Waals surface area contributed by atoms with Gasteiger partial charge in [-0.1, -0.05) is 19.1 Å². The highest BCUT2D eigenvalue weighted by molar-refractivity contribution is 5.78. The van der Waals surface area contributed by atoms with Crippen molar-refractivity contribution in [1.29, 1.82) is 0 Å². The van der Waals surface area contributed by atoms with E-state index in [2.05, 4.69) is 36.0 Å². The van der Waals surface area contributed by atoms with E-state index in [4.69, 9.17) is 4.74 Å². The molecule has 0 aliphatic carbocycles. The van der Waals surface area contributed by atoms with Crippen molar-refractivity contribution in [2.24, 2.45) is 0 Å².